The number of rotatable bonds is 1. The quantitative estimate of drug-likeness (QED) is 0.834. The van der Waals surface area contributed by atoms with Gasteiger partial charge in [-0.25, -0.2) is 4.98 Å². The first-order valence-electron chi connectivity index (χ1n) is 7.25. The maximum absolute atomic E-state index is 6.04. The Labute approximate surface area is 118 Å². The Morgan fingerprint density at radius 1 is 1.35 bits per heavy atom. The third kappa shape index (κ3) is 1.18. The lowest BCUT2D eigenvalue weighted by Gasteiger charge is -2.34. The number of anilines is 1. The fourth-order valence-corrected chi connectivity index (χ4v) is 4.22. The van der Waals surface area contributed by atoms with Crippen molar-refractivity contribution in [1.29, 1.82) is 0 Å². The molecule has 0 saturated heterocycles. The summed E-state index contributed by atoms with van der Waals surface area (Å²) in [6, 6.07) is 1.82. The van der Waals surface area contributed by atoms with Crippen molar-refractivity contribution in [2.75, 3.05) is 5.73 Å². The largest absolute Gasteiger partial charge is 0.398 e. The molecule has 2 aliphatic rings. The molecule has 3 N–H and O–H groups in total. The Hall–Kier alpha value is -1.84. The highest BCUT2D eigenvalue weighted by atomic mass is 15.0. The second kappa shape index (κ2) is 3.43. The van der Waals surface area contributed by atoms with Gasteiger partial charge < -0.3 is 10.7 Å². The Kier molecular flexibility index (Phi) is 2.05. The third-order valence-electron chi connectivity index (χ3n) is 5.94. The number of aromatic nitrogens is 3. The highest BCUT2D eigenvalue weighted by Gasteiger charge is 2.61. The molecule has 0 amide bonds. The van der Waals surface area contributed by atoms with Crippen LogP contribution in [-0.4, -0.2) is 15.0 Å². The Balaban J connectivity index is 1.89. The molecule has 1 fully saturated rings. The van der Waals surface area contributed by atoms with E-state index < -0.39 is 0 Å². The number of nitrogens with one attached hydrogen (secondary N) is 1. The van der Waals surface area contributed by atoms with E-state index in [1.807, 2.05) is 6.07 Å². The zero-order valence-electron chi connectivity index (χ0n) is 12.2. The minimum atomic E-state index is 0.179. The molecular weight excluding hydrogens is 248 g/mol. The lowest BCUT2D eigenvalue weighted by atomic mass is 9.70. The summed E-state index contributed by atoms with van der Waals surface area (Å²) in [6.45, 7) is 7.10. The molecule has 104 valence electrons. The second-order valence-electron chi connectivity index (χ2n) is 6.96. The number of nitrogens with zero attached hydrogens (tertiary/aromatic N) is 2. The number of hydrogen-bond acceptors (Lipinski definition) is 3. The minimum Gasteiger partial charge on any atom is -0.398 e. The zero-order valence-corrected chi connectivity index (χ0v) is 12.2. The first-order chi connectivity index (χ1) is 9.45. The van der Waals surface area contributed by atoms with Gasteiger partial charge in [0.25, 0.3) is 0 Å². The summed E-state index contributed by atoms with van der Waals surface area (Å²) in [7, 11) is 0. The molecule has 1 saturated carbocycles. The topological polar surface area (TPSA) is 67.6 Å². The standard InChI is InChI=1S/C16H20N4/c1-15(2)10-4-6-16(15,3)13-12(10)19-14(20-13)9-8-18-7-5-11(9)17/h5,7-8,10H,4,6H2,1-3H3,(H2,17,18)(H,19,20). The second-order valence-corrected chi connectivity index (χ2v) is 6.96. The van der Waals surface area contributed by atoms with Crippen LogP contribution in [0.4, 0.5) is 5.69 Å². The fourth-order valence-electron chi connectivity index (χ4n) is 4.22. The van der Waals surface area contributed by atoms with Gasteiger partial charge in [-0.1, -0.05) is 20.8 Å². The van der Waals surface area contributed by atoms with E-state index in [-0.39, 0.29) is 5.41 Å². The molecule has 0 aromatic carbocycles. The average molecular weight is 268 g/mol. The first kappa shape index (κ1) is 11.9. The highest BCUT2D eigenvalue weighted by molar-refractivity contribution is 5.71. The summed E-state index contributed by atoms with van der Waals surface area (Å²) in [4.78, 5) is 12.6. The predicted octanol–water partition coefficient (Wildman–Crippen LogP) is 3.23. The average Bonchev–Trinajstić information content (AvgIpc) is 2.97. The molecule has 0 spiro atoms. The summed E-state index contributed by atoms with van der Waals surface area (Å²) in [5.74, 6) is 1.45. The summed E-state index contributed by atoms with van der Waals surface area (Å²) >= 11 is 0. The van der Waals surface area contributed by atoms with Gasteiger partial charge in [-0.15, -0.1) is 0 Å². The van der Waals surface area contributed by atoms with Gasteiger partial charge in [0, 0.05) is 35.1 Å². The number of hydrogen-bond donors (Lipinski definition) is 2. The number of pyridine rings is 1. The monoisotopic (exact) mass is 268 g/mol. The first-order valence-corrected chi connectivity index (χ1v) is 7.25. The van der Waals surface area contributed by atoms with E-state index in [2.05, 4.69) is 30.7 Å². The molecule has 0 radical (unpaired) electrons. The van der Waals surface area contributed by atoms with E-state index in [0.717, 1.165) is 17.1 Å². The summed E-state index contributed by atoms with van der Waals surface area (Å²) in [6.07, 6.45) is 5.98. The number of H-pyrrole nitrogens is 1. The Morgan fingerprint density at radius 3 is 2.85 bits per heavy atom. The smallest absolute Gasteiger partial charge is 0.141 e. The van der Waals surface area contributed by atoms with Crippen LogP contribution in [0.25, 0.3) is 11.4 Å². The van der Waals surface area contributed by atoms with E-state index in [1.165, 1.54) is 24.2 Å². The Bertz CT molecular complexity index is 700. The van der Waals surface area contributed by atoms with Gasteiger partial charge in [0.2, 0.25) is 0 Å². The SMILES string of the molecule is CC12CCC(c3[nH]c(-c4cnccc4N)nc31)C2(C)C. The molecule has 2 aromatic heterocycles. The van der Waals surface area contributed by atoms with Crippen molar-refractivity contribution in [3.05, 3.63) is 29.8 Å². The minimum absolute atomic E-state index is 0.179. The van der Waals surface area contributed by atoms with Crippen molar-refractivity contribution in [1.82, 2.24) is 15.0 Å². The van der Waals surface area contributed by atoms with Gasteiger partial charge in [-0.3, -0.25) is 4.98 Å². The van der Waals surface area contributed by atoms with E-state index in [4.69, 9.17) is 10.7 Å². The van der Waals surface area contributed by atoms with Crippen molar-refractivity contribution < 1.29 is 0 Å². The number of imidazole rings is 1. The highest BCUT2D eigenvalue weighted by Crippen LogP contribution is 2.67. The van der Waals surface area contributed by atoms with E-state index >= 15 is 0 Å². The van der Waals surface area contributed by atoms with E-state index in [1.54, 1.807) is 12.4 Å². The molecule has 2 unspecified atom stereocenters. The van der Waals surface area contributed by atoms with Crippen LogP contribution >= 0.6 is 0 Å². The third-order valence-corrected chi connectivity index (χ3v) is 5.94. The molecule has 4 nitrogen and oxygen atoms in total. The normalized spacial score (nSPS) is 29.6. The van der Waals surface area contributed by atoms with Crippen LogP contribution in [0.15, 0.2) is 18.5 Å². The van der Waals surface area contributed by atoms with Crippen molar-refractivity contribution >= 4 is 5.69 Å². The van der Waals surface area contributed by atoms with Crippen molar-refractivity contribution in [2.24, 2.45) is 5.41 Å². The van der Waals surface area contributed by atoms with Gasteiger partial charge in [0.15, 0.2) is 0 Å². The van der Waals surface area contributed by atoms with Crippen LogP contribution in [0.3, 0.4) is 0 Å². The van der Waals surface area contributed by atoms with Gasteiger partial charge >= 0.3 is 0 Å². The number of nitrogens with two attached hydrogens (primary N) is 1. The van der Waals surface area contributed by atoms with Crippen molar-refractivity contribution in [2.45, 2.75) is 44.9 Å². The Morgan fingerprint density at radius 2 is 2.15 bits per heavy atom. The summed E-state index contributed by atoms with van der Waals surface area (Å²) < 4.78 is 0. The van der Waals surface area contributed by atoms with Crippen LogP contribution in [0.5, 0.6) is 0 Å². The lowest BCUT2D eigenvalue weighted by Crippen LogP contribution is -2.31. The summed E-state index contributed by atoms with van der Waals surface area (Å²) in [5.41, 5.74) is 10.7. The summed E-state index contributed by atoms with van der Waals surface area (Å²) in [5, 5.41) is 0. The molecule has 20 heavy (non-hydrogen) atoms. The molecule has 2 aromatic rings. The van der Waals surface area contributed by atoms with Gasteiger partial charge in [0.1, 0.15) is 5.82 Å². The molecule has 2 atom stereocenters. The molecule has 4 rings (SSSR count). The lowest BCUT2D eigenvalue weighted by molar-refractivity contribution is 0.226. The fraction of sp³-hybridized carbons (Fsp3) is 0.500. The van der Waals surface area contributed by atoms with Gasteiger partial charge in [0.05, 0.1) is 11.3 Å². The van der Waals surface area contributed by atoms with E-state index in [0.29, 0.717) is 11.3 Å². The van der Waals surface area contributed by atoms with Gasteiger partial charge in [-0.2, -0.15) is 0 Å². The molecule has 2 bridgehead atoms. The van der Waals surface area contributed by atoms with Crippen LogP contribution in [0.2, 0.25) is 0 Å². The van der Waals surface area contributed by atoms with Crippen molar-refractivity contribution in [3.8, 4) is 11.4 Å². The molecule has 4 heteroatoms. The van der Waals surface area contributed by atoms with Crippen LogP contribution in [-0.2, 0) is 5.41 Å². The van der Waals surface area contributed by atoms with Crippen LogP contribution in [0, 0.1) is 5.41 Å². The maximum Gasteiger partial charge on any atom is 0.141 e. The van der Waals surface area contributed by atoms with Crippen LogP contribution < -0.4 is 5.73 Å². The number of fused-ring (bicyclic) bond motifs is 5. The number of nitrogen functional groups attached to an aromatic ring is 1. The molecule has 2 heterocycles. The number of aromatic amines is 1. The van der Waals surface area contributed by atoms with Gasteiger partial charge in [-0.05, 0) is 24.3 Å². The van der Waals surface area contributed by atoms with E-state index in [9.17, 15) is 0 Å². The maximum atomic E-state index is 6.04. The molecular formula is C16H20N4. The predicted molar refractivity (Wildman–Crippen MR) is 79.3 cm³/mol. The molecule has 0 aliphatic heterocycles. The van der Waals surface area contributed by atoms with Crippen molar-refractivity contribution in [3.63, 3.8) is 0 Å². The molecule has 2 aliphatic carbocycles. The zero-order chi connectivity index (χ0) is 14.1. The van der Waals surface area contributed by atoms with Crippen LogP contribution in [0.1, 0.15) is 50.9 Å².